The SMILES string of the molecule is OC(CNc1cc(Cl)ccc1Cl)c1cccs1. The maximum Gasteiger partial charge on any atom is 0.105 e. The average Bonchev–Trinajstić information content (AvgIpc) is 2.83. The lowest BCUT2D eigenvalue weighted by molar-refractivity contribution is 0.195. The summed E-state index contributed by atoms with van der Waals surface area (Å²) in [6.45, 7) is 0.403. The zero-order valence-corrected chi connectivity index (χ0v) is 11.2. The van der Waals surface area contributed by atoms with Crippen LogP contribution in [0.5, 0.6) is 0 Å². The van der Waals surface area contributed by atoms with Crippen LogP contribution in [-0.2, 0) is 0 Å². The van der Waals surface area contributed by atoms with Gasteiger partial charge in [0.05, 0.1) is 10.7 Å². The molecule has 2 aromatic rings. The summed E-state index contributed by atoms with van der Waals surface area (Å²) in [4.78, 5) is 0.927. The molecule has 1 aromatic heterocycles. The highest BCUT2D eigenvalue weighted by Gasteiger charge is 2.09. The number of halogens is 2. The van der Waals surface area contributed by atoms with Gasteiger partial charge in [-0.05, 0) is 29.6 Å². The Morgan fingerprint density at radius 1 is 1.29 bits per heavy atom. The molecule has 0 saturated heterocycles. The van der Waals surface area contributed by atoms with E-state index in [1.807, 2.05) is 17.5 Å². The first-order chi connectivity index (χ1) is 8.16. The number of benzene rings is 1. The van der Waals surface area contributed by atoms with Gasteiger partial charge in [0, 0.05) is 16.4 Å². The van der Waals surface area contributed by atoms with E-state index in [1.165, 1.54) is 11.3 Å². The first kappa shape index (κ1) is 12.7. The Morgan fingerprint density at radius 2 is 2.12 bits per heavy atom. The van der Waals surface area contributed by atoms with Crippen LogP contribution >= 0.6 is 34.5 Å². The Morgan fingerprint density at radius 3 is 2.82 bits per heavy atom. The Balaban J connectivity index is 2.00. The van der Waals surface area contributed by atoms with Gasteiger partial charge in [-0.3, -0.25) is 0 Å². The zero-order chi connectivity index (χ0) is 12.3. The first-order valence-electron chi connectivity index (χ1n) is 5.07. The van der Waals surface area contributed by atoms with E-state index < -0.39 is 6.10 Å². The van der Waals surface area contributed by atoms with Crippen LogP contribution < -0.4 is 5.32 Å². The van der Waals surface area contributed by atoms with Gasteiger partial charge < -0.3 is 10.4 Å². The first-order valence-corrected chi connectivity index (χ1v) is 6.71. The number of hydrogen-bond acceptors (Lipinski definition) is 3. The molecule has 0 aliphatic rings. The van der Waals surface area contributed by atoms with E-state index in [0.717, 1.165) is 10.6 Å². The largest absolute Gasteiger partial charge is 0.386 e. The van der Waals surface area contributed by atoms with Crippen molar-refractivity contribution in [2.75, 3.05) is 11.9 Å². The Kier molecular flexibility index (Phi) is 4.29. The van der Waals surface area contributed by atoms with E-state index in [2.05, 4.69) is 5.32 Å². The normalized spacial score (nSPS) is 12.4. The molecule has 2 nitrogen and oxygen atoms in total. The molecule has 0 spiro atoms. The maximum atomic E-state index is 9.90. The third kappa shape index (κ3) is 3.36. The number of nitrogens with one attached hydrogen (secondary N) is 1. The molecule has 90 valence electrons. The van der Waals surface area contributed by atoms with Crippen molar-refractivity contribution in [3.63, 3.8) is 0 Å². The summed E-state index contributed by atoms with van der Waals surface area (Å²) >= 11 is 13.4. The molecule has 0 bridgehead atoms. The molecule has 0 fully saturated rings. The van der Waals surface area contributed by atoms with Crippen LogP contribution in [0.1, 0.15) is 11.0 Å². The summed E-state index contributed by atoms with van der Waals surface area (Å²) in [5.74, 6) is 0. The van der Waals surface area contributed by atoms with E-state index in [9.17, 15) is 5.11 Å². The van der Waals surface area contributed by atoms with Crippen molar-refractivity contribution >= 4 is 40.2 Å². The second-order valence-electron chi connectivity index (χ2n) is 3.54. The molecular weight excluding hydrogens is 277 g/mol. The standard InChI is InChI=1S/C12H11Cl2NOS/c13-8-3-4-9(14)10(6-8)15-7-11(16)12-2-1-5-17-12/h1-6,11,15-16H,7H2. The quantitative estimate of drug-likeness (QED) is 0.883. The van der Waals surface area contributed by atoms with Crippen LogP contribution in [0.3, 0.4) is 0 Å². The van der Waals surface area contributed by atoms with Crippen LogP contribution in [0.25, 0.3) is 0 Å². The van der Waals surface area contributed by atoms with Gasteiger partial charge in [-0.2, -0.15) is 0 Å². The van der Waals surface area contributed by atoms with E-state index in [4.69, 9.17) is 23.2 Å². The smallest absolute Gasteiger partial charge is 0.105 e. The number of rotatable bonds is 4. The molecule has 0 radical (unpaired) electrons. The lowest BCUT2D eigenvalue weighted by Crippen LogP contribution is -2.11. The fourth-order valence-corrected chi connectivity index (χ4v) is 2.49. The maximum absolute atomic E-state index is 9.90. The van der Waals surface area contributed by atoms with Gasteiger partial charge in [0.25, 0.3) is 0 Å². The highest BCUT2D eigenvalue weighted by Crippen LogP contribution is 2.26. The van der Waals surface area contributed by atoms with Crippen molar-refractivity contribution in [2.24, 2.45) is 0 Å². The molecule has 17 heavy (non-hydrogen) atoms. The number of aliphatic hydroxyl groups is 1. The topological polar surface area (TPSA) is 32.3 Å². The monoisotopic (exact) mass is 287 g/mol. The molecule has 1 atom stereocenters. The van der Waals surface area contributed by atoms with Crippen LogP contribution in [0.2, 0.25) is 10.0 Å². The fourth-order valence-electron chi connectivity index (χ4n) is 1.42. The average molecular weight is 288 g/mol. The molecule has 0 saturated carbocycles. The summed E-state index contributed by atoms with van der Waals surface area (Å²) < 4.78 is 0. The van der Waals surface area contributed by atoms with Crippen molar-refractivity contribution in [3.8, 4) is 0 Å². The van der Waals surface area contributed by atoms with Gasteiger partial charge in [-0.25, -0.2) is 0 Å². The Hall–Kier alpha value is -0.740. The Bertz CT molecular complexity index is 487. The highest BCUT2D eigenvalue weighted by atomic mass is 35.5. The van der Waals surface area contributed by atoms with Gasteiger partial charge in [0.1, 0.15) is 6.10 Å². The predicted molar refractivity (Wildman–Crippen MR) is 74.2 cm³/mol. The number of hydrogen-bond donors (Lipinski definition) is 2. The highest BCUT2D eigenvalue weighted by molar-refractivity contribution is 7.10. The van der Waals surface area contributed by atoms with Crippen molar-refractivity contribution in [3.05, 3.63) is 50.6 Å². The van der Waals surface area contributed by atoms with Crippen molar-refractivity contribution in [1.29, 1.82) is 0 Å². The van der Waals surface area contributed by atoms with Crippen LogP contribution in [0.15, 0.2) is 35.7 Å². The molecular formula is C12H11Cl2NOS. The number of thiophene rings is 1. The molecule has 0 aliphatic carbocycles. The summed E-state index contributed by atoms with van der Waals surface area (Å²) in [6.07, 6.45) is -0.537. The molecule has 5 heteroatoms. The van der Waals surface area contributed by atoms with Crippen molar-refractivity contribution in [1.82, 2.24) is 0 Å². The Labute approximate surface area is 114 Å². The second-order valence-corrected chi connectivity index (χ2v) is 5.36. The van der Waals surface area contributed by atoms with E-state index in [1.54, 1.807) is 18.2 Å². The molecule has 2 rings (SSSR count). The summed E-state index contributed by atoms with van der Waals surface area (Å²) in [5, 5.41) is 16.1. The van der Waals surface area contributed by atoms with Crippen LogP contribution in [0.4, 0.5) is 5.69 Å². The summed E-state index contributed by atoms with van der Waals surface area (Å²) in [6, 6.07) is 9.01. The zero-order valence-electron chi connectivity index (χ0n) is 8.86. The molecule has 1 unspecified atom stereocenters. The third-order valence-corrected chi connectivity index (χ3v) is 3.82. The van der Waals surface area contributed by atoms with Crippen molar-refractivity contribution < 1.29 is 5.11 Å². The van der Waals surface area contributed by atoms with Crippen molar-refractivity contribution in [2.45, 2.75) is 6.10 Å². The lowest BCUT2D eigenvalue weighted by atomic mass is 10.2. The molecule has 0 aliphatic heterocycles. The van der Waals surface area contributed by atoms with E-state index in [0.29, 0.717) is 16.6 Å². The molecule has 1 heterocycles. The van der Waals surface area contributed by atoms with Gasteiger partial charge in [-0.1, -0.05) is 29.3 Å². The third-order valence-electron chi connectivity index (χ3n) is 2.29. The minimum atomic E-state index is -0.537. The van der Waals surface area contributed by atoms with Crippen LogP contribution in [0, 0.1) is 0 Å². The second kappa shape index (κ2) is 5.74. The fraction of sp³-hybridized carbons (Fsp3) is 0.167. The summed E-state index contributed by atoms with van der Waals surface area (Å²) in [7, 11) is 0. The summed E-state index contributed by atoms with van der Waals surface area (Å²) in [5.41, 5.74) is 0.731. The molecule has 0 amide bonds. The van der Waals surface area contributed by atoms with E-state index >= 15 is 0 Å². The predicted octanol–water partition coefficient (Wildman–Crippen LogP) is 4.20. The lowest BCUT2D eigenvalue weighted by Gasteiger charge is -2.12. The molecule has 1 aromatic carbocycles. The van der Waals surface area contributed by atoms with Gasteiger partial charge in [0.15, 0.2) is 0 Å². The van der Waals surface area contributed by atoms with Gasteiger partial charge >= 0.3 is 0 Å². The number of aliphatic hydroxyl groups excluding tert-OH is 1. The molecule has 2 N–H and O–H groups in total. The van der Waals surface area contributed by atoms with Gasteiger partial charge in [-0.15, -0.1) is 11.3 Å². The van der Waals surface area contributed by atoms with E-state index in [-0.39, 0.29) is 0 Å². The number of anilines is 1. The van der Waals surface area contributed by atoms with Crippen LogP contribution in [-0.4, -0.2) is 11.7 Å². The van der Waals surface area contributed by atoms with Gasteiger partial charge in [0.2, 0.25) is 0 Å². The minimum Gasteiger partial charge on any atom is -0.386 e. The minimum absolute atomic E-state index is 0.403.